The van der Waals surface area contributed by atoms with Crippen LogP contribution >= 0.6 is 11.6 Å². The van der Waals surface area contributed by atoms with Crippen LogP contribution in [-0.2, 0) is 16.1 Å². The maximum Gasteiger partial charge on any atom is 0.230 e. The van der Waals surface area contributed by atoms with Crippen LogP contribution in [0.15, 0.2) is 24.3 Å². The van der Waals surface area contributed by atoms with Gasteiger partial charge in [-0.15, -0.1) is 0 Å². The van der Waals surface area contributed by atoms with Gasteiger partial charge in [0.1, 0.15) is 0 Å². The second-order valence-electron chi connectivity index (χ2n) is 5.35. The minimum Gasteiger partial charge on any atom is -0.381 e. The van der Waals surface area contributed by atoms with E-state index in [9.17, 15) is 4.79 Å². The van der Waals surface area contributed by atoms with Gasteiger partial charge >= 0.3 is 0 Å². The first-order valence-corrected chi connectivity index (χ1v) is 7.24. The Kier molecular flexibility index (Phi) is 5.02. The number of benzene rings is 1. The van der Waals surface area contributed by atoms with Gasteiger partial charge in [0.2, 0.25) is 5.91 Å². The van der Waals surface area contributed by atoms with Crippen molar-refractivity contribution >= 4 is 17.5 Å². The molecular weight excluding hydrogens is 276 g/mol. The van der Waals surface area contributed by atoms with Crippen LogP contribution in [0.25, 0.3) is 0 Å². The number of rotatable bonds is 4. The third-order valence-electron chi connectivity index (χ3n) is 4.01. The van der Waals surface area contributed by atoms with E-state index in [0.717, 1.165) is 5.56 Å². The Balaban J connectivity index is 2.10. The highest BCUT2D eigenvalue weighted by Gasteiger charge is 2.40. The summed E-state index contributed by atoms with van der Waals surface area (Å²) in [5.74, 6) is 0.0863. The number of hydrogen-bond donors (Lipinski definition) is 1. The summed E-state index contributed by atoms with van der Waals surface area (Å²) in [5, 5.41) is 0.681. The Morgan fingerprint density at radius 2 is 2.05 bits per heavy atom. The molecule has 20 heavy (non-hydrogen) atoms. The van der Waals surface area contributed by atoms with E-state index in [2.05, 4.69) is 0 Å². The van der Waals surface area contributed by atoms with Crippen LogP contribution in [0.4, 0.5) is 0 Å². The van der Waals surface area contributed by atoms with Gasteiger partial charge in [0.15, 0.2) is 0 Å². The van der Waals surface area contributed by atoms with E-state index in [-0.39, 0.29) is 5.91 Å². The Morgan fingerprint density at radius 3 is 2.65 bits per heavy atom. The molecular formula is C15H21ClN2O2. The monoisotopic (exact) mass is 296 g/mol. The molecule has 1 aliphatic rings. The van der Waals surface area contributed by atoms with E-state index >= 15 is 0 Å². The van der Waals surface area contributed by atoms with Gasteiger partial charge in [-0.3, -0.25) is 4.79 Å². The van der Waals surface area contributed by atoms with Crippen molar-refractivity contribution in [2.45, 2.75) is 19.4 Å². The summed E-state index contributed by atoms with van der Waals surface area (Å²) in [4.78, 5) is 14.4. The number of amides is 1. The van der Waals surface area contributed by atoms with E-state index in [0.29, 0.717) is 44.2 Å². The molecule has 2 N–H and O–H groups in total. The molecule has 110 valence electrons. The standard InChI is InChI=1S/C15H21ClN2O2/c1-18(10-12-4-2-3-5-13(12)16)14(19)15(11-17)6-8-20-9-7-15/h2-5H,6-11,17H2,1H3. The summed E-state index contributed by atoms with van der Waals surface area (Å²) in [6.45, 7) is 2.06. The molecule has 1 aromatic carbocycles. The molecule has 1 amide bonds. The molecule has 2 rings (SSSR count). The third kappa shape index (κ3) is 3.14. The van der Waals surface area contributed by atoms with Gasteiger partial charge in [0, 0.05) is 38.4 Å². The first kappa shape index (κ1) is 15.3. The van der Waals surface area contributed by atoms with Gasteiger partial charge in [-0.2, -0.15) is 0 Å². The van der Waals surface area contributed by atoms with Crippen LogP contribution < -0.4 is 5.73 Å². The highest BCUT2D eigenvalue weighted by molar-refractivity contribution is 6.31. The minimum atomic E-state index is -0.478. The molecule has 1 heterocycles. The summed E-state index contributed by atoms with van der Waals surface area (Å²) in [6, 6.07) is 7.58. The molecule has 4 nitrogen and oxygen atoms in total. The van der Waals surface area contributed by atoms with Crippen LogP contribution in [0.2, 0.25) is 5.02 Å². The van der Waals surface area contributed by atoms with Gasteiger partial charge in [-0.25, -0.2) is 0 Å². The minimum absolute atomic E-state index is 0.0863. The van der Waals surface area contributed by atoms with Crippen LogP contribution in [0, 0.1) is 5.41 Å². The fraction of sp³-hybridized carbons (Fsp3) is 0.533. The predicted octanol–water partition coefficient (Wildman–Crippen LogP) is 2.05. The lowest BCUT2D eigenvalue weighted by Gasteiger charge is -2.37. The van der Waals surface area contributed by atoms with Gasteiger partial charge in [0.25, 0.3) is 0 Å². The molecule has 1 fully saturated rings. The number of nitrogens with two attached hydrogens (primary N) is 1. The van der Waals surface area contributed by atoms with E-state index < -0.39 is 5.41 Å². The number of halogens is 1. The molecule has 0 saturated carbocycles. The molecule has 0 radical (unpaired) electrons. The number of hydrogen-bond acceptors (Lipinski definition) is 3. The number of carbonyl (C=O) groups excluding carboxylic acids is 1. The van der Waals surface area contributed by atoms with Gasteiger partial charge in [0.05, 0.1) is 5.41 Å². The van der Waals surface area contributed by atoms with E-state index in [4.69, 9.17) is 22.1 Å². The zero-order valence-corrected chi connectivity index (χ0v) is 12.5. The quantitative estimate of drug-likeness (QED) is 0.925. The van der Waals surface area contributed by atoms with E-state index in [1.165, 1.54) is 0 Å². The summed E-state index contributed by atoms with van der Waals surface area (Å²) in [7, 11) is 1.80. The molecule has 1 aromatic rings. The van der Waals surface area contributed by atoms with Crippen LogP contribution in [-0.4, -0.2) is 37.6 Å². The van der Waals surface area contributed by atoms with Crippen molar-refractivity contribution in [3.05, 3.63) is 34.9 Å². The predicted molar refractivity (Wildman–Crippen MR) is 79.5 cm³/mol. The Morgan fingerprint density at radius 1 is 1.40 bits per heavy atom. The maximum absolute atomic E-state index is 12.7. The SMILES string of the molecule is CN(Cc1ccccc1Cl)C(=O)C1(CN)CCOCC1. The largest absolute Gasteiger partial charge is 0.381 e. The second-order valence-corrected chi connectivity index (χ2v) is 5.76. The molecule has 0 atom stereocenters. The van der Waals surface area contributed by atoms with Crippen LogP contribution in [0.5, 0.6) is 0 Å². The van der Waals surface area contributed by atoms with Gasteiger partial charge in [-0.1, -0.05) is 29.8 Å². The average molecular weight is 297 g/mol. The first-order chi connectivity index (χ1) is 9.59. The van der Waals surface area contributed by atoms with Crippen molar-refractivity contribution in [3.8, 4) is 0 Å². The molecule has 0 bridgehead atoms. The molecule has 0 aromatic heterocycles. The number of ether oxygens (including phenoxy) is 1. The molecule has 0 unspecified atom stereocenters. The summed E-state index contributed by atoms with van der Waals surface area (Å²) in [6.07, 6.45) is 1.38. The first-order valence-electron chi connectivity index (χ1n) is 6.86. The Bertz CT molecular complexity index is 473. The van der Waals surface area contributed by atoms with Crippen LogP contribution in [0.3, 0.4) is 0 Å². The topological polar surface area (TPSA) is 55.6 Å². The van der Waals surface area contributed by atoms with Crippen molar-refractivity contribution in [1.82, 2.24) is 4.90 Å². The molecule has 1 aliphatic heterocycles. The normalized spacial score (nSPS) is 17.8. The van der Waals surface area contributed by atoms with Crippen molar-refractivity contribution in [1.29, 1.82) is 0 Å². The lowest BCUT2D eigenvalue weighted by molar-refractivity contribution is -0.146. The van der Waals surface area contributed by atoms with E-state index in [1.807, 2.05) is 24.3 Å². The van der Waals surface area contributed by atoms with Crippen molar-refractivity contribution in [2.24, 2.45) is 11.1 Å². The highest BCUT2D eigenvalue weighted by Crippen LogP contribution is 2.32. The number of nitrogens with zero attached hydrogens (tertiary/aromatic N) is 1. The van der Waals surface area contributed by atoms with Crippen LogP contribution in [0.1, 0.15) is 18.4 Å². The molecule has 0 spiro atoms. The number of carbonyl (C=O) groups is 1. The summed E-state index contributed by atoms with van der Waals surface area (Å²) in [5.41, 5.74) is 6.34. The maximum atomic E-state index is 12.7. The smallest absolute Gasteiger partial charge is 0.230 e. The second kappa shape index (κ2) is 6.57. The van der Waals surface area contributed by atoms with E-state index in [1.54, 1.807) is 11.9 Å². The Labute approximate surface area is 124 Å². The summed E-state index contributed by atoms with van der Waals surface area (Å²) >= 11 is 6.14. The zero-order valence-electron chi connectivity index (χ0n) is 11.8. The van der Waals surface area contributed by atoms with Crippen molar-refractivity contribution in [2.75, 3.05) is 26.8 Å². The fourth-order valence-corrected chi connectivity index (χ4v) is 2.82. The average Bonchev–Trinajstić information content (AvgIpc) is 2.49. The summed E-state index contributed by atoms with van der Waals surface area (Å²) < 4.78 is 5.35. The fourth-order valence-electron chi connectivity index (χ4n) is 2.63. The molecule has 5 heteroatoms. The van der Waals surface area contributed by atoms with Gasteiger partial charge in [-0.05, 0) is 24.5 Å². The lowest BCUT2D eigenvalue weighted by Crippen LogP contribution is -2.49. The lowest BCUT2D eigenvalue weighted by atomic mass is 9.79. The van der Waals surface area contributed by atoms with Crippen molar-refractivity contribution in [3.63, 3.8) is 0 Å². The van der Waals surface area contributed by atoms with Crippen molar-refractivity contribution < 1.29 is 9.53 Å². The molecule has 0 aliphatic carbocycles. The van der Waals surface area contributed by atoms with Gasteiger partial charge < -0.3 is 15.4 Å². The zero-order chi connectivity index (χ0) is 14.6. The Hall–Kier alpha value is -1.10. The third-order valence-corrected chi connectivity index (χ3v) is 4.38. The molecule has 1 saturated heterocycles. The highest BCUT2D eigenvalue weighted by atomic mass is 35.5.